The van der Waals surface area contributed by atoms with Crippen molar-refractivity contribution in [2.75, 3.05) is 11.9 Å². The summed E-state index contributed by atoms with van der Waals surface area (Å²) in [6.07, 6.45) is -0.919. The van der Waals surface area contributed by atoms with Gasteiger partial charge in [-0.1, -0.05) is 0 Å². The number of halogens is 3. The second-order valence-electron chi connectivity index (χ2n) is 4.58. The summed E-state index contributed by atoms with van der Waals surface area (Å²) in [5.41, 5.74) is 0.209. The van der Waals surface area contributed by atoms with E-state index in [1.54, 1.807) is 16.9 Å². The number of rotatable bonds is 4. The van der Waals surface area contributed by atoms with E-state index < -0.39 is 11.7 Å². The number of nitrogens with one attached hydrogen (secondary N) is 1. The third-order valence-corrected chi connectivity index (χ3v) is 2.88. The van der Waals surface area contributed by atoms with Crippen molar-refractivity contribution in [3.8, 4) is 6.07 Å². The number of anilines is 1. The molecule has 0 unspecified atom stereocenters. The quantitative estimate of drug-likeness (QED) is 0.942. The standard InChI is InChI=1S/C14H13F3N4/c1-10-8-20-21(9-10)5-4-19-12-2-3-13(14(15,16)17)11(6-12)7-18/h2-3,6,8-9,19H,4-5H2,1H3. The Morgan fingerprint density at radius 1 is 1.38 bits per heavy atom. The van der Waals surface area contributed by atoms with Crippen LogP contribution in [-0.4, -0.2) is 16.3 Å². The molecule has 0 aliphatic heterocycles. The lowest BCUT2D eigenvalue weighted by molar-refractivity contribution is -0.137. The lowest BCUT2D eigenvalue weighted by Crippen LogP contribution is -2.12. The monoisotopic (exact) mass is 294 g/mol. The molecule has 0 fully saturated rings. The fourth-order valence-corrected chi connectivity index (χ4v) is 1.90. The van der Waals surface area contributed by atoms with Crippen molar-refractivity contribution in [2.24, 2.45) is 0 Å². The predicted octanol–water partition coefficient (Wildman–Crippen LogP) is 3.19. The number of aromatic nitrogens is 2. The fourth-order valence-electron chi connectivity index (χ4n) is 1.90. The molecule has 4 nitrogen and oxygen atoms in total. The second kappa shape index (κ2) is 5.87. The van der Waals surface area contributed by atoms with Gasteiger partial charge in [0, 0.05) is 18.4 Å². The molecule has 0 saturated heterocycles. The molecule has 2 rings (SSSR count). The number of benzene rings is 1. The number of hydrogen-bond acceptors (Lipinski definition) is 3. The van der Waals surface area contributed by atoms with Crippen molar-refractivity contribution in [3.05, 3.63) is 47.3 Å². The minimum absolute atomic E-state index is 0.387. The van der Waals surface area contributed by atoms with Gasteiger partial charge in [0.05, 0.1) is 29.9 Å². The molecule has 0 amide bonds. The molecule has 0 bridgehead atoms. The summed E-state index contributed by atoms with van der Waals surface area (Å²) in [6.45, 7) is 3.00. The summed E-state index contributed by atoms with van der Waals surface area (Å²) >= 11 is 0. The van der Waals surface area contributed by atoms with Gasteiger partial charge in [0.15, 0.2) is 0 Å². The van der Waals surface area contributed by atoms with Gasteiger partial charge in [-0.3, -0.25) is 4.68 Å². The molecule has 0 spiro atoms. The summed E-state index contributed by atoms with van der Waals surface area (Å²) in [5, 5.41) is 15.9. The maximum absolute atomic E-state index is 12.7. The Kier molecular flexibility index (Phi) is 4.17. The summed E-state index contributed by atoms with van der Waals surface area (Å²) in [7, 11) is 0. The molecule has 0 aliphatic carbocycles. The van der Waals surface area contributed by atoms with Gasteiger partial charge in [0.25, 0.3) is 0 Å². The molecule has 2 aromatic rings. The highest BCUT2D eigenvalue weighted by Crippen LogP contribution is 2.32. The predicted molar refractivity (Wildman–Crippen MR) is 71.6 cm³/mol. The van der Waals surface area contributed by atoms with Crippen LogP contribution in [0.1, 0.15) is 16.7 Å². The van der Waals surface area contributed by atoms with E-state index in [4.69, 9.17) is 5.26 Å². The topological polar surface area (TPSA) is 53.6 Å². The van der Waals surface area contributed by atoms with E-state index in [1.165, 1.54) is 12.1 Å². The number of nitriles is 1. The van der Waals surface area contributed by atoms with Crippen LogP contribution in [0.3, 0.4) is 0 Å². The van der Waals surface area contributed by atoms with Crippen LogP contribution >= 0.6 is 0 Å². The molecular formula is C14H13F3N4. The van der Waals surface area contributed by atoms with Crippen LogP contribution in [-0.2, 0) is 12.7 Å². The maximum atomic E-state index is 12.7. The third kappa shape index (κ3) is 3.75. The summed E-state index contributed by atoms with van der Waals surface area (Å²) < 4.78 is 39.7. The average Bonchev–Trinajstić information content (AvgIpc) is 2.83. The van der Waals surface area contributed by atoms with E-state index in [0.29, 0.717) is 18.8 Å². The van der Waals surface area contributed by atoms with Crippen molar-refractivity contribution in [1.29, 1.82) is 5.26 Å². The highest BCUT2D eigenvalue weighted by Gasteiger charge is 2.33. The van der Waals surface area contributed by atoms with Crippen molar-refractivity contribution in [1.82, 2.24) is 9.78 Å². The van der Waals surface area contributed by atoms with Crippen LogP contribution in [0.4, 0.5) is 18.9 Å². The molecule has 1 N–H and O–H groups in total. The Labute approximate surface area is 119 Å². The highest BCUT2D eigenvalue weighted by molar-refractivity contribution is 5.53. The SMILES string of the molecule is Cc1cnn(CCNc2ccc(C(F)(F)F)c(C#N)c2)c1. The molecule has 110 valence electrons. The summed E-state index contributed by atoms with van der Waals surface area (Å²) in [5.74, 6) is 0. The first-order valence-electron chi connectivity index (χ1n) is 6.24. The molecule has 21 heavy (non-hydrogen) atoms. The van der Waals surface area contributed by atoms with Crippen LogP contribution in [0.2, 0.25) is 0 Å². The van der Waals surface area contributed by atoms with Gasteiger partial charge in [0.2, 0.25) is 0 Å². The number of aryl methyl sites for hydroxylation is 1. The Balaban J connectivity index is 2.03. The van der Waals surface area contributed by atoms with E-state index in [2.05, 4.69) is 10.4 Å². The van der Waals surface area contributed by atoms with Crippen molar-refractivity contribution >= 4 is 5.69 Å². The Morgan fingerprint density at radius 2 is 2.14 bits per heavy atom. The zero-order chi connectivity index (χ0) is 15.5. The molecule has 1 aromatic carbocycles. The van der Waals surface area contributed by atoms with Crippen LogP contribution < -0.4 is 5.32 Å². The van der Waals surface area contributed by atoms with Crippen LogP contribution in [0.5, 0.6) is 0 Å². The Morgan fingerprint density at radius 3 is 2.71 bits per heavy atom. The number of alkyl halides is 3. The van der Waals surface area contributed by atoms with E-state index in [-0.39, 0.29) is 5.56 Å². The summed E-state index contributed by atoms with van der Waals surface area (Å²) in [4.78, 5) is 0. The molecule has 0 aliphatic rings. The van der Waals surface area contributed by atoms with Crippen LogP contribution in [0.25, 0.3) is 0 Å². The molecule has 0 radical (unpaired) electrons. The van der Waals surface area contributed by atoms with Gasteiger partial charge in [0.1, 0.15) is 0 Å². The molecular weight excluding hydrogens is 281 g/mol. The smallest absolute Gasteiger partial charge is 0.383 e. The first kappa shape index (κ1) is 14.9. The van der Waals surface area contributed by atoms with E-state index in [0.717, 1.165) is 11.6 Å². The van der Waals surface area contributed by atoms with E-state index >= 15 is 0 Å². The van der Waals surface area contributed by atoms with Crippen molar-refractivity contribution in [2.45, 2.75) is 19.6 Å². The highest BCUT2D eigenvalue weighted by atomic mass is 19.4. The van der Waals surface area contributed by atoms with Gasteiger partial charge in [-0.05, 0) is 30.7 Å². The van der Waals surface area contributed by atoms with E-state index in [1.807, 2.05) is 13.1 Å². The number of nitrogens with zero attached hydrogens (tertiary/aromatic N) is 3. The molecule has 1 aromatic heterocycles. The zero-order valence-electron chi connectivity index (χ0n) is 11.3. The van der Waals surface area contributed by atoms with Crippen LogP contribution in [0.15, 0.2) is 30.6 Å². The van der Waals surface area contributed by atoms with Gasteiger partial charge in [-0.25, -0.2) is 0 Å². The first-order chi connectivity index (χ1) is 9.90. The first-order valence-corrected chi connectivity index (χ1v) is 6.24. The molecule has 1 heterocycles. The maximum Gasteiger partial charge on any atom is 0.417 e. The number of hydrogen-bond donors (Lipinski definition) is 1. The van der Waals surface area contributed by atoms with Gasteiger partial charge in [-0.2, -0.15) is 23.5 Å². The van der Waals surface area contributed by atoms with E-state index in [9.17, 15) is 13.2 Å². The Hall–Kier alpha value is -2.49. The van der Waals surface area contributed by atoms with Crippen LogP contribution in [0, 0.1) is 18.3 Å². The minimum Gasteiger partial charge on any atom is -0.383 e. The zero-order valence-corrected chi connectivity index (χ0v) is 11.3. The fraction of sp³-hybridized carbons (Fsp3) is 0.286. The molecule has 7 heteroatoms. The van der Waals surface area contributed by atoms with Gasteiger partial charge in [-0.15, -0.1) is 0 Å². The van der Waals surface area contributed by atoms with Crippen molar-refractivity contribution in [3.63, 3.8) is 0 Å². The second-order valence-corrected chi connectivity index (χ2v) is 4.58. The van der Waals surface area contributed by atoms with Crippen molar-refractivity contribution < 1.29 is 13.2 Å². The molecule has 0 saturated carbocycles. The minimum atomic E-state index is -4.52. The lowest BCUT2D eigenvalue weighted by atomic mass is 10.1. The third-order valence-electron chi connectivity index (χ3n) is 2.88. The molecule has 0 atom stereocenters. The normalized spacial score (nSPS) is 11.2. The average molecular weight is 294 g/mol. The summed E-state index contributed by atoms with van der Waals surface area (Å²) in [6, 6.07) is 5.02. The lowest BCUT2D eigenvalue weighted by Gasteiger charge is -2.11. The van der Waals surface area contributed by atoms with Gasteiger partial charge < -0.3 is 5.32 Å². The largest absolute Gasteiger partial charge is 0.417 e. The van der Waals surface area contributed by atoms with Gasteiger partial charge >= 0.3 is 6.18 Å². The Bertz CT molecular complexity index is 668.